The van der Waals surface area contributed by atoms with Gasteiger partial charge in [-0.15, -0.1) is 0 Å². The van der Waals surface area contributed by atoms with Crippen LogP contribution in [0.15, 0.2) is 0 Å². The van der Waals surface area contributed by atoms with E-state index in [4.69, 9.17) is 28.4 Å². The minimum Gasteiger partial charge on any atom is -0.394 e. The average molecular weight is 779 g/mol. The van der Waals surface area contributed by atoms with Crippen molar-refractivity contribution in [2.45, 2.75) is 156 Å². The van der Waals surface area contributed by atoms with Crippen LogP contribution < -0.4 is 0 Å². The molecule has 3 heterocycles. The van der Waals surface area contributed by atoms with Gasteiger partial charge in [-0.25, -0.2) is 0 Å². The van der Waals surface area contributed by atoms with Crippen molar-refractivity contribution in [2.24, 2.45) is 0 Å². The Morgan fingerprint density at radius 1 is 0.520 bits per heavy atom. The van der Waals surface area contributed by atoms with E-state index < -0.39 is 130 Å². The second kappa shape index (κ2) is 22.5. The number of aliphatic hydroxyl groups is 10. The van der Waals surface area contributed by atoms with Crippen LogP contribution in [0.4, 0.5) is 0 Å². The molecule has 7 unspecified atom stereocenters. The third kappa shape index (κ3) is 12.6. The van der Waals surface area contributed by atoms with Crippen molar-refractivity contribution >= 4 is 29.4 Å². The minimum atomic E-state index is -1.88. The number of unbranched alkanes of at least 4 members (excludes halogenated alkanes) is 1. The summed E-state index contributed by atoms with van der Waals surface area (Å²) in [5, 5.41) is 103. The van der Waals surface area contributed by atoms with Crippen LogP contribution in [0.25, 0.3) is 0 Å². The summed E-state index contributed by atoms with van der Waals surface area (Å²) in [5.74, 6) is 2.14. The van der Waals surface area contributed by atoms with Gasteiger partial charge in [0.05, 0.1) is 19.8 Å². The van der Waals surface area contributed by atoms with E-state index in [0.717, 1.165) is 17.9 Å². The number of rotatable bonds is 21. The molecular formula is C31H62O16SSi2. The molecule has 0 bridgehead atoms. The number of hydrogen-bond acceptors (Lipinski definition) is 17. The Kier molecular flexibility index (Phi) is 20.0. The zero-order chi connectivity index (χ0) is 37.0. The molecule has 0 saturated carbocycles. The summed E-state index contributed by atoms with van der Waals surface area (Å²) in [6, 6.07) is 4.30. The highest BCUT2D eigenvalue weighted by molar-refractivity contribution is 7.99. The molecule has 16 nitrogen and oxygen atoms in total. The van der Waals surface area contributed by atoms with Gasteiger partial charge in [0, 0.05) is 24.2 Å². The molecule has 0 amide bonds. The largest absolute Gasteiger partial charge is 0.394 e. The lowest BCUT2D eigenvalue weighted by molar-refractivity contribution is -0.379. The first-order valence-corrected chi connectivity index (χ1v) is 25.0. The molecule has 0 radical (unpaired) electrons. The van der Waals surface area contributed by atoms with Gasteiger partial charge in [-0.1, -0.05) is 44.2 Å². The first-order chi connectivity index (χ1) is 23.8. The Bertz CT molecular complexity index is 928. The molecule has 3 fully saturated rings. The van der Waals surface area contributed by atoms with Gasteiger partial charge in [-0.2, -0.15) is 11.8 Å². The van der Waals surface area contributed by atoms with Crippen LogP contribution in [0.3, 0.4) is 0 Å². The van der Waals surface area contributed by atoms with Gasteiger partial charge >= 0.3 is 0 Å². The smallest absolute Gasteiger partial charge is 0.187 e. The second-order valence-electron chi connectivity index (χ2n) is 14.1. The maximum Gasteiger partial charge on any atom is 0.187 e. The molecule has 3 aliphatic rings. The van der Waals surface area contributed by atoms with Gasteiger partial charge in [-0.3, -0.25) is 0 Å². The molecular weight excluding hydrogens is 717 g/mol. The molecule has 3 aliphatic heterocycles. The third-order valence-electron chi connectivity index (χ3n) is 9.50. The van der Waals surface area contributed by atoms with Crippen LogP contribution in [-0.4, -0.2) is 199 Å². The van der Waals surface area contributed by atoms with Gasteiger partial charge in [0.15, 0.2) is 18.9 Å². The lowest BCUT2D eigenvalue weighted by atomic mass is 9.96. The first kappa shape index (κ1) is 44.5. The maximum atomic E-state index is 10.9. The summed E-state index contributed by atoms with van der Waals surface area (Å²) in [4.78, 5) is 0. The van der Waals surface area contributed by atoms with E-state index in [1.807, 2.05) is 11.8 Å². The van der Waals surface area contributed by atoms with Gasteiger partial charge < -0.3 is 79.5 Å². The second-order valence-corrected chi connectivity index (χ2v) is 22.0. The van der Waals surface area contributed by atoms with E-state index in [2.05, 4.69) is 19.6 Å². The van der Waals surface area contributed by atoms with Gasteiger partial charge in [0.25, 0.3) is 0 Å². The quantitative estimate of drug-likeness (QED) is 0.0414. The normalized spacial score (nSPS) is 40.3. The molecule has 3 rings (SSSR count). The van der Waals surface area contributed by atoms with Crippen molar-refractivity contribution in [2.75, 3.05) is 37.9 Å². The van der Waals surface area contributed by atoms with Crippen LogP contribution in [0.1, 0.15) is 25.7 Å². The van der Waals surface area contributed by atoms with Gasteiger partial charge in [-0.05, 0) is 30.8 Å². The first-order valence-electron chi connectivity index (χ1n) is 17.9. The average Bonchev–Trinajstić information content (AvgIpc) is 3.09. The maximum absolute atomic E-state index is 10.9. The number of thioether (sulfide) groups is 1. The highest BCUT2D eigenvalue weighted by Crippen LogP contribution is 2.32. The summed E-state index contributed by atoms with van der Waals surface area (Å²) in [6.07, 6.45) is -19.6. The lowest BCUT2D eigenvalue weighted by Crippen LogP contribution is -2.66. The van der Waals surface area contributed by atoms with Crippen molar-refractivity contribution in [3.8, 4) is 0 Å². The highest BCUT2D eigenvalue weighted by atomic mass is 32.2. The fraction of sp³-hybridized carbons (Fsp3) is 1.00. The van der Waals surface area contributed by atoms with E-state index in [1.165, 1.54) is 31.0 Å². The monoisotopic (exact) mass is 778 g/mol. The van der Waals surface area contributed by atoms with Gasteiger partial charge in [0.1, 0.15) is 73.2 Å². The number of ether oxygens (including phenoxy) is 6. The molecule has 19 heteroatoms. The molecule has 0 aliphatic carbocycles. The Labute approximate surface area is 301 Å². The van der Waals surface area contributed by atoms with Crippen molar-refractivity contribution in [3.05, 3.63) is 0 Å². The zero-order valence-electron chi connectivity index (χ0n) is 29.3. The minimum absolute atomic E-state index is 0.256. The Balaban J connectivity index is 1.43. The number of aliphatic hydroxyl groups excluding tert-OH is 10. The van der Waals surface area contributed by atoms with E-state index in [1.54, 1.807) is 0 Å². The van der Waals surface area contributed by atoms with E-state index in [9.17, 15) is 51.1 Å². The molecule has 50 heavy (non-hydrogen) atoms. The predicted octanol–water partition coefficient (Wildman–Crippen LogP) is -2.91. The topological polar surface area (TPSA) is 258 Å². The van der Waals surface area contributed by atoms with Crippen LogP contribution in [0.2, 0.25) is 37.8 Å². The molecule has 0 aromatic carbocycles. The predicted molar refractivity (Wildman–Crippen MR) is 187 cm³/mol. The summed E-state index contributed by atoms with van der Waals surface area (Å²) in [5.41, 5.74) is 0. The van der Waals surface area contributed by atoms with Crippen molar-refractivity contribution in [3.63, 3.8) is 0 Å². The van der Waals surface area contributed by atoms with Crippen LogP contribution in [-0.2, 0) is 28.4 Å². The van der Waals surface area contributed by atoms with Crippen LogP contribution in [0, 0.1) is 0 Å². The Morgan fingerprint density at radius 2 is 1.00 bits per heavy atom. The summed E-state index contributed by atoms with van der Waals surface area (Å²) in [7, 11) is -1.02. The summed E-state index contributed by atoms with van der Waals surface area (Å²) >= 11 is 1.93. The standard InChI is InChI=1S/C31H62O16SSi2/c1-49(2)11-7-13-50(3)12-6-10-48-9-5-4-8-42-29-25(40)22(37)27(18(15-33)44-29)47-31-26(41)23(38)28(19(16-34)45-31)46-30-24(39)21(36)20(35)17(14-32)43-30/h17-41,49-50H,4-16H2,1-3H3/t17?,18-,19?,20-,21-,22?,23+,24?,25?,26?,27+,28-,29+,30+,31-,50?/m0/s1. The van der Waals surface area contributed by atoms with E-state index >= 15 is 0 Å². The Morgan fingerprint density at radius 3 is 1.56 bits per heavy atom. The molecule has 0 aromatic heterocycles. The van der Waals surface area contributed by atoms with E-state index in [0.29, 0.717) is 6.42 Å². The van der Waals surface area contributed by atoms with Crippen molar-refractivity contribution in [1.82, 2.24) is 0 Å². The van der Waals surface area contributed by atoms with Crippen molar-refractivity contribution in [1.29, 1.82) is 0 Å². The summed E-state index contributed by atoms with van der Waals surface area (Å²) < 4.78 is 33.5. The third-order valence-corrected chi connectivity index (χ3v) is 15.0. The van der Waals surface area contributed by atoms with Crippen LogP contribution >= 0.6 is 11.8 Å². The lowest BCUT2D eigenvalue weighted by Gasteiger charge is -2.48. The molecule has 10 N–H and O–H groups in total. The van der Waals surface area contributed by atoms with Gasteiger partial charge in [0.2, 0.25) is 0 Å². The molecule has 0 spiro atoms. The van der Waals surface area contributed by atoms with Crippen LogP contribution in [0.5, 0.6) is 0 Å². The SMILES string of the molecule is C[SiH](C)CCC[SiH](C)CCCSCCCCO[C@@H]1O[C@@H](CO)[C@@H](O[C@@H]2OC(CO)[C@H](O[C@H]3OC(CO)[C@H](O)[C@H](O)C3O)[C@H](O)C2O)C(O)C1O. The Hall–Kier alpha value is 0.144. The molecule has 296 valence electrons. The van der Waals surface area contributed by atoms with Crippen molar-refractivity contribution < 1.29 is 79.5 Å². The zero-order valence-corrected chi connectivity index (χ0v) is 32.5. The fourth-order valence-electron chi connectivity index (χ4n) is 6.34. The summed E-state index contributed by atoms with van der Waals surface area (Å²) in [6.45, 7) is 5.37. The molecule has 0 aromatic rings. The fourth-order valence-corrected chi connectivity index (χ4v) is 11.3. The molecule has 3 saturated heterocycles. The number of hydrogen-bond donors (Lipinski definition) is 10. The van der Waals surface area contributed by atoms with E-state index in [-0.39, 0.29) is 6.61 Å². The molecule has 16 atom stereocenters. The highest BCUT2D eigenvalue weighted by Gasteiger charge is 2.53.